The first-order chi connectivity index (χ1) is 13.8. The molecule has 0 heterocycles. The van der Waals surface area contributed by atoms with E-state index in [9.17, 15) is 0 Å². The van der Waals surface area contributed by atoms with E-state index in [4.69, 9.17) is 21.0 Å². The summed E-state index contributed by atoms with van der Waals surface area (Å²) in [6.45, 7) is 0. The fourth-order valence-corrected chi connectivity index (χ4v) is 2.08. The van der Waals surface area contributed by atoms with E-state index in [1.807, 2.05) is 66.7 Å². The molecule has 0 saturated carbocycles. The first-order valence-corrected chi connectivity index (χ1v) is 9.50. The van der Waals surface area contributed by atoms with Crippen molar-refractivity contribution in [1.82, 2.24) is 0 Å². The molecular formula is C22H18Cr2N2O2Se2+4. The molecule has 4 nitrogen and oxygen atoms in total. The topological polar surface area (TPSA) is 78.7 Å². The number of hydrogen-bond donors (Lipinski definition) is 0. The normalized spacial score (nSPS) is 7.00. The van der Waals surface area contributed by atoms with Gasteiger partial charge in [0.25, 0.3) is 0 Å². The largest absolute Gasteiger partial charge is 0.999 e. The third-order valence-electron chi connectivity index (χ3n) is 2.42. The fourth-order valence-electron chi connectivity index (χ4n) is 1.36. The van der Waals surface area contributed by atoms with E-state index in [0.29, 0.717) is 0 Å². The molecule has 0 radical (unpaired) electrons. The van der Waals surface area contributed by atoms with Crippen LogP contribution in [0.1, 0.15) is 0 Å². The Morgan fingerprint density at radius 3 is 1.07 bits per heavy atom. The number of nitrogens with zero attached hydrogens (tertiary/aromatic N) is 2. The minimum atomic E-state index is 0. The standard InChI is InChI=1S/2C6H6Se.C5H5.C5H.2Cr.2NO/c2*7-6-4-2-1-3-5-6;2*1-2-4-5-3-1;;;2*1-2/h2*1-5,7H;1-5H;1H;;;;/q;;-1;-5;2*+6;2*-1. The van der Waals surface area contributed by atoms with E-state index in [0.717, 1.165) is 0 Å². The van der Waals surface area contributed by atoms with Gasteiger partial charge in [-0.2, -0.15) is 18.2 Å². The van der Waals surface area contributed by atoms with Crippen LogP contribution in [0.5, 0.6) is 0 Å². The van der Waals surface area contributed by atoms with Crippen molar-refractivity contribution in [2.24, 2.45) is 0 Å². The van der Waals surface area contributed by atoms with Crippen LogP contribution in [0.15, 0.2) is 97.1 Å². The maximum Gasteiger partial charge on any atom is -0.172 e. The van der Waals surface area contributed by atoms with Crippen LogP contribution in [0.25, 0.3) is 11.2 Å². The van der Waals surface area contributed by atoms with Crippen molar-refractivity contribution in [2.75, 3.05) is 0 Å². The van der Waals surface area contributed by atoms with Crippen LogP contribution in [0.2, 0.25) is 0 Å². The summed E-state index contributed by atoms with van der Waals surface area (Å²) in [5.74, 6) is 0. The van der Waals surface area contributed by atoms with Gasteiger partial charge in [-0.05, 0) is 0 Å². The Bertz CT molecular complexity index is 630. The van der Waals surface area contributed by atoms with E-state index >= 15 is 0 Å². The molecule has 0 amide bonds. The van der Waals surface area contributed by atoms with Crippen molar-refractivity contribution in [3.63, 3.8) is 0 Å². The minimum absolute atomic E-state index is 0. The van der Waals surface area contributed by atoms with Gasteiger partial charge in [0.2, 0.25) is 0 Å². The van der Waals surface area contributed by atoms with Crippen molar-refractivity contribution in [3.8, 4) is 0 Å². The van der Waals surface area contributed by atoms with Gasteiger partial charge in [-0.3, -0.25) is 0 Å². The molecule has 148 valence electrons. The van der Waals surface area contributed by atoms with Gasteiger partial charge in [0, 0.05) is 0 Å². The predicted octanol–water partition coefficient (Wildman–Crippen LogP) is 3.08. The van der Waals surface area contributed by atoms with E-state index in [2.05, 4.69) is 80.6 Å². The van der Waals surface area contributed by atoms with Crippen molar-refractivity contribution >= 4 is 40.9 Å². The fraction of sp³-hybridized carbons (Fsp3) is 0. The summed E-state index contributed by atoms with van der Waals surface area (Å²) in [5.41, 5.74) is 11.5. The Hall–Kier alpha value is -1.56. The molecule has 0 spiro atoms. The molecule has 4 aromatic rings. The molecule has 8 heteroatoms. The summed E-state index contributed by atoms with van der Waals surface area (Å²) in [4.78, 5) is 14.5. The van der Waals surface area contributed by atoms with Gasteiger partial charge < -0.3 is 51.3 Å². The molecule has 0 aliphatic rings. The van der Waals surface area contributed by atoms with Crippen molar-refractivity contribution < 1.29 is 34.7 Å². The average molecular weight is 604 g/mol. The van der Waals surface area contributed by atoms with E-state index < -0.39 is 0 Å². The van der Waals surface area contributed by atoms with E-state index in [-0.39, 0.29) is 34.7 Å². The molecule has 0 N–H and O–H groups in total. The average Bonchev–Trinajstić information content (AvgIpc) is 3.52. The van der Waals surface area contributed by atoms with Crippen LogP contribution in [0.3, 0.4) is 0 Å². The zero-order valence-corrected chi connectivity index (χ0v) is 22.0. The molecule has 0 aromatic heterocycles. The smallest absolute Gasteiger partial charge is 0.172 e. The summed E-state index contributed by atoms with van der Waals surface area (Å²) < 4.78 is 2.52. The van der Waals surface area contributed by atoms with Gasteiger partial charge in [-0.15, -0.1) is 0 Å². The summed E-state index contributed by atoms with van der Waals surface area (Å²) >= 11 is 4.99. The molecule has 0 unspecified atom stereocenters. The Balaban J connectivity index is -0.000000140. The third-order valence-corrected chi connectivity index (χ3v) is 3.67. The summed E-state index contributed by atoms with van der Waals surface area (Å²) in [6, 6.07) is 42.3. The number of rotatable bonds is 0. The zero-order chi connectivity index (χ0) is 21.3. The van der Waals surface area contributed by atoms with E-state index in [1.54, 1.807) is 6.07 Å². The van der Waals surface area contributed by atoms with Crippen LogP contribution < -0.4 is 8.92 Å². The van der Waals surface area contributed by atoms with Crippen LogP contribution in [-0.2, 0) is 34.7 Å². The molecule has 0 bridgehead atoms. The van der Waals surface area contributed by atoms with E-state index in [1.165, 1.54) is 8.92 Å². The minimum Gasteiger partial charge on any atom is -0.999 e. The summed E-state index contributed by atoms with van der Waals surface area (Å²) in [5, 5.41) is 0. The van der Waals surface area contributed by atoms with Gasteiger partial charge in [-0.25, -0.2) is 12.1 Å². The van der Waals surface area contributed by atoms with Crippen LogP contribution >= 0.6 is 0 Å². The first-order valence-electron chi connectivity index (χ1n) is 7.63. The Morgan fingerprint density at radius 2 is 0.933 bits per heavy atom. The van der Waals surface area contributed by atoms with Gasteiger partial charge >= 0.3 is 136 Å². The molecule has 0 fully saturated rings. The van der Waals surface area contributed by atoms with Crippen LogP contribution in [0.4, 0.5) is 0 Å². The molecule has 4 rings (SSSR count). The Labute approximate surface area is 216 Å². The molecular weight excluding hydrogens is 586 g/mol. The Kier molecular flexibility index (Phi) is 38.4. The number of benzene rings is 2. The second-order valence-corrected chi connectivity index (χ2v) is 6.48. The van der Waals surface area contributed by atoms with Crippen molar-refractivity contribution in [2.45, 2.75) is 0 Å². The quantitative estimate of drug-likeness (QED) is 0.229. The van der Waals surface area contributed by atoms with Gasteiger partial charge in [0.15, 0.2) is 0 Å². The van der Waals surface area contributed by atoms with Gasteiger partial charge in [0.05, 0.1) is 0 Å². The number of hydrogen-bond acceptors (Lipinski definition) is 2. The molecule has 0 saturated heterocycles. The maximum atomic E-state index is 7.25. The summed E-state index contributed by atoms with van der Waals surface area (Å²) in [7, 11) is 0. The van der Waals surface area contributed by atoms with Crippen LogP contribution in [0, 0.1) is 34.1 Å². The maximum absolute atomic E-state index is 7.25. The van der Waals surface area contributed by atoms with Crippen molar-refractivity contribution in [1.29, 1.82) is 0 Å². The molecule has 0 atom stereocenters. The second kappa shape index (κ2) is 32.1. The monoisotopic (exact) mass is 606 g/mol. The van der Waals surface area contributed by atoms with Crippen LogP contribution in [-0.4, -0.2) is 32.0 Å². The first kappa shape index (κ1) is 35.9. The second-order valence-electron chi connectivity index (χ2n) is 4.32. The Morgan fingerprint density at radius 1 is 0.600 bits per heavy atom. The van der Waals surface area contributed by atoms with Crippen molar-refractivity contribution in [3.05, 3.63) is 142 Å². The molecule has 0 aliphatic carbocycles. The SMILES string of the molecule is [Cr+6].[Cr+6].[N-]=O.[N-]=O.[SeH]c1ccccc1.[SeH]c1ccccc1.[c-]1[c-][c-][cH-][c-]1.c1cc[cH-]c1. The third kappa shape index (κ3) is 28.7. The molecule has 0 aliphatic heterocycles. The number of nitroso groups, excluding NO2 is 2. The predicted molar refractivity (Wildman–Crippen MR) is 119 cm³/mol. The summed E-state index contributed by atoms with van der Waals surface area (Å²) in [6.07, 6.45) is 0. The van der Waals surface area contributed by atoms with Gasteiger partial charge in [0.1, 0.15) is 0 Å². The molecule has 30 heavy (non-hydrogen) atoms. The molecule has 4 aromatic carbocycles. The van der Waals surface area contributed by atoms with Gasteiger partial charge in [-0.1, -0.05) is 0 Å². The zero-order valence-electron chi connectivity index (χ0n) is 15.7.